The summed E-state index contributed by atoms with van der Waals surface area (Å²) >= 11 is 0. The standard InChI is InChI=1S/C39H70NO6P/c1-3-5-7-9-11-13-15-16-17-18-19-20-21-22-23-24-25-27-29-31-33-35-39(42)40-37(36-46-47(43,44)45)38(41)34-32-30-28-26-14-12-10-8-6-4-2/h17-18,20-21,23-24,27,29,32,34,37-38,41H,3-16,19,22,25-26,28,30-31,33,35-36H2,1-2H3,(H,40,42)(H2,43,44,45)/b18-17+,21-20+,24-23+,29-27+,34-32+/t37-,38+/m0/s1. The number of rotatable bonds is 33. The lowest BCUT2D eigenvalue weighted by Gasteiger charge is -2.22. The molecule has 272 valence electrons. The first kappa shape index (κ1) is 45.2. The molecule has 0 saturated heterocycles. The van der Waals surface area contributed by atoms with Gasteiger partial charge < -0.3 is 20.2 Å². The summed E-state index contributed by atoms with van der Waals surface area (Å²) in [5.74, 6) is -0.285. The van der Waals surface area contributed by atoms with Crippen LogP contribution in [0, 0.1) is 0 Å². The maximum absolute atomic E-state index is 12.5. The Labute approximate surface area is 288 Å². The van der Waals surface area contributed by atoms with E-state index in [0.717, 1.165) is 44.9 Å². The zero-order valence-corrected chi connectivity index (χ0v) is 30.8. The van der Waals surface area contributed by atoms with Gasteiger partial charge in [0.2, 0.25) is 5.91 Å². The zero-order valence-electron chi connectivity index (χ0n) is 29.9. The van der Waals surface area contributed by atoms with Crippen LogP contribution >= 0.6 is 7.82 Å². The highest BCUT2D eigenvalue weighted by Gasteiger charge is 2.24. The molecule has 0 unspecified atom stereocenters. The van der Waals surface area contributed by atoms with Gasteiger partial charge in [0, 0.05) is 6.42 Å². The number of phosphoric ester groups is 1. The lowest BCUT2D eigenvalue weighted by molar-refractivity contribution is -0.122. The molecule has 4 N–H and O–H groups in total. The van der Waals surface area contributed by atoms with Gasteiger partial charge >= 0.3 is 7.82 Å². The van der Waals surface area contributed by atoms with E-state index in [4.69, 9.17) is 9.79 Å². The lowest BCUT2D eigenvalue weighted by Crippen LogP contribution is -2.45. The second-order valence-electron chi connectivity index (χ2n) is 12.5. The molecule has 0 saturated carbocycles. The molecule has 0 radical (unpaired) electrons. The van der Waals surface area contributed by atoms with Crippen LogP contribution in [0.15, 0.2) is 60.8 Å². The Morgan fingerprint density at radius 2 is 1.02 bits per heavy atom. The van der Waals surface area contributed by atoms with E-state index in [-0.39, 0.29) is 12.3 Å². The summed E-state index contributed by atoms with van der Waals surface area (Å²) in [6.45, 7) is 4.00. The molecule has 0 bridgehead atoms. The number of nitrogens with one attached hydrogen (secondary N) is 1. The van der Waals surface area contributed by atoms with Gasteiger partial charge in [0.25, 0.3) is 0 Å². The molecule has 0 aromatic heterocycles. The van der Waals surface area contributed by atoms with Crippen molar-refractivity contribution in [2.75, 3.05) is 6.61 Å². The fourth-order valence-electron chi connectivity index (χ4n) is 5.10. The van der Waals surface area contributed by atoms with E-state index in [1.807, 2.05) is 6.08 Å². The molecule has 47 heavy (non-hydrogen) atoms. The van der Waals surface area contributed by atoms with Gasteiger partial charge in [-0.1, -0.05) is 158 Å². The molecule has 0 aliphatic rings. The number of hydrogen-bond acceptors (Lipinski definition) is 4. The van der Waals surface area contributed by atoms with Crippen LogP contribution in [0.1, 0.15) is 162 Å². The van der Waals surface area contributed by atoms with Crippen molar-refractivity contribution in [3.8, 4) is 0 Å². The number of allylic oxidation sites excluding steroid dienone is 9. The highest BCUT2D eigenvalue weighted by molar-refractivity contribution is 7.46. The summed E-state index contributed by atoms with van der Waals surface area (Å²) < 4.78 is 15.8. The first-order valence-electron chi connectivity index (χ1n) is 18.7. The van der Waals surface area contributed by atoms with Gasteiger partial charge in [0.1, 0.15) is 0 Å². The van der Waals surface area contributed by atoms with Gasteiger partial charge in [-0.25, -0.2) is 4.57 Å². The molecule has 2 atom stereocenters. The minimum atomic E-state index is -4.72. The van der Waals surface area contributed by atoms with E-state index >= 15 is 0 Å². The number of hydrogen-bond donors (Lipinski definition) is 4. The Morgan fingerprint density at radius 3 is 1.49 bits per heavy atom. The van der Waals surface area contributed by atoms with Crippen molar-refractivity contribution in [1.82, 2.24) is 5.32 Å². The van der Waals surface area contributed by atoms with Gasteiger partial charge in [-0.3, -0.25) is 9.32 Å². The van der Waals surface area contributed by atoms with Crippen LogP contribution in [0.3, 0.4) is 0 Å². The first-order valence-corrected chi connectivity index (χ1v) is 20.3. The first-order chi connectivity index (χ1) is 22.8. The summed E-state index contributed by atoms with van der Waals surface area (Å²) in [5, 5.41) is 13.2. The topological polar surface area (TPSA) is 116 Å². The third-order valence-electron chi connectivity index (χ3n) is 7.97. The van der Waals surface area contributed by atoms with Crippen LogP contribution in [0.2, 0.25) is 0 Å². The van der Waals surface area contributed by atoms with E-state index < -0.39 is 26.6 Å². The van der Waals surface area contributed by atoms with Crippen LogP contribution < -0.4 is 5.32 Å². The third-order valence-corrected chi connectivity index (χ3v) is 8.46. The van der Waals surface area contributed by atoms with E-state index in [1.165, 1.54) is 89.9 Å². The Bertz CT molecular complexity index is 907. The molecule has 0 aliphatic heterocycles. The molecule has 0 aromatic rings. The minimum Gasteiger partial charge on any atom is -0.387 e. The average molecular weight is 680 g/mol. The summed E-state index contributed by atoms with van der Waals surface area (Å²) in [6, 6.07) is -0.939. The van der Waals surface area contributed by atoms with Gasteiger partial charge in [-0.05, 0) is 57.8 Å². The summed E-state index contributed by atoms with van der Waals surface area (Å²) in [6.07, 6.45) is 45.4. The highest BCUT2D eigenvalue weighted by atomic mass is 31.2. The molecule has 1 amide bonds. The van der Waals surface area contributed by atoms with Crippen molar-refractivity contribution >= 4 is 13.7 Å². The quantitative estimate of drug-likeness (QED) is 0.0312. The molecule has 8 heteroatoms. The number of aliphatic hydroxyl groups excluding tert-OH is 1. The minimum absolute atomic E-state index is 0.250. The smallest absolute Gasteiger partial charge is 0.387 e. The number of carbonyl (C=O) groups excluding carboxylic acids is 1. The number of carbonyl (C=O) groups is 1. The molecule has 0 fully saturated rings. The van der Waals surface area contributed by atoms with Crippen LogP contribution in [0.5, 0.6) is 0 Å². The molecule has 0 heterocycles. The van der Waals surface area contributed by atoms with Crippen molar-refractivity contribution in [3.63, 3.8) is 0 Å². The zero-order chi connectivity index (χ0) is 34.7. The average Bonchev–Trinajstić information content (AvgIpc) is 3.04. The molecule has 0 aromatic carbocycles. The molecular weight excluding hydrogens is 609 g/mol. The van der Waals surface area contributed by atoms with E-state index in [1.54, 1.807) is 6.08 Å². The van der Waals surface area contributed by atoms with Gasteiger partial charge in [0.15, 0.2) is 0 Å². The molecule has 0 rings (SSSR count). The van der Waals surface area contributed by atoms with Crippen LogP contribution in [0.4, 0.5) is 0 Å². The van der Waals surface area contributed by atoms with Crippen molar-refractivity contribution < 1.29 is 28.8 Å². The normalized spacial score (nSPS) is 14.1. The lowest BCUT2D eigenvalue weighted by atomic mass is 10.1. The van der Waals surface area contributed by atoms with E-state index in [2.05, 4.69) is 72.3 Å². The van der Waals surface area contributed by atoms with Gasteiger partial charge in [-0.15, -0.1) is 0 Å². The molecule has 0 spiro atoms. The predicted octanol–water partition coefficient (Wildman–Crippen LogP) is 10.7. The summed E-state index contributed by atoms with van der Waals surface area (Å²) in [7, 11) is -4.72. The third kappa shape index (κ3) is 35.4. The van der Waals surface area contributed by atoms with Crippen LogP contribution in [-0.2, 0) is 13.9 Å². The Balaban J connectivity index is 4.13. The van der Waals surface area contributed by atoms with Crippen molar-refractivity contribution in [3.05, 3.63) is 60.8 Å². The number of amides is 1. The van der Waals surface area contributed by atoms with Crippen molar-refractivity contribution in [2.45, 2.75) is 174 Å². The number of phosphoric acid groups is 1. The van der Waals surface area contributed by atoms with Crippen molar-refractivity contribution in [1.29, 1.82) is 0 Å². The van der Waals surface area contributed by atoms with Crippen LogP contribution in [0.25, 0.3) is 0 Å². The van der Waals surface area contributed by atoms with E-state index in [0.29, 0.717) is 6.42 Å². The Kier molecular flexibility index (Phi) is 32.8. The SMILES string of the molecule is CCCCCCCCC/C=C/C/C=C/C/C=C/C/C=C/CCCC(=O)N[C@@H](COP(=O)(O)O)[C@H](O)/C=C/CCCCCCCCCC. The molecule has 7 nitrogen and oxygen atoms in total. The Hall–Kier alpha value is -1.76. The number of unbranched alkanes of at least 4 members (excludes halogenated alkanes) is 16. The fourth-order valence-corrected chi connectivity index (χ4v) is 5.45. The fraction of sp³-hybridized carbons (Fsp3) is 0.718. The van der Waals surface area contributed by atoms with Gasteiger partial charge in [-0.2, -0.15) is 0 Å². The second kappa shape index (κ2) is 34.1. The highest BCUT2D eigenvalue weighted by Crippen LogP contribution is 2.35. The second-order valence-corrected chi connectivity index (χ2v) is 13.8. The monoisotopic (exact) mass is 679 g/mol. The maximum atomic E-state index is 12.5. The number of aliphatic hydroxyl groups is 1. The molecule has 0 aliphatic carbocycles. The summed E-state index contributed by atoms with van der Waals surface area (Å²) in [5.41, 5.74) is 0. The summed E-state index contributed by atoms with van der Waals surface area (Å²) in [4.78, 5) is 30.7. The van der Waals surface area contributed by atoms with Gasteiger partial charge in [0.05, 0.1) is 18.8 Å². The maximum Gasteiger partial charge on any atom is 0.469 e. The molecular formula is C39H70NO6P. The largest absolute Gasteiger partial charge is 0.469 e. The predicted molar refractivity (Wildman–Crippen MR) is 199 cm³/mol. The van der Waals surface area contributed by atoms with E-state index in [9.17, 15) is 14.5 Å². The Morgan fingerprint density at radius 1 is 0.617 bits per heavy atom. The van der Waals surface area contributed by atoms with Crippen molar-refractivity contribution in [2.24, 2.45) is 0 Å². The van der Waals surface area contributed by atoms with Crippen LogP contribution in [-0.4, -0.2) is 39.6 Å².